The second-order valence-electron chi connectivity index (χ2n) is 9.05. The first-order valence-electron chi connectivity index (χ1n) is 11.7. The van der Waals surface area contributed by atoms with Gasteiger partial charge in [-0.2, -0.15) is 4.31 Å². The van der Waals surface area contributed by atoms with Crippen LogP contribution in [-0.2, 0) is 19.6 Å². The molecule has 7 nitrogen and oxygen atoms in total. The van der Waals surface area contributed by atoms with Crippen LogP contribution in [0, 0.1) is 17.8 Å². The zero-order valence-electron chi connectivity index (χ0n) is 18.7. The Hall–Kier alpha value is -1.64. The summed E-state index contributed by atoms with van der Waals surface area (Å²) in [6.45, 7) is 7.19. The minimum absolute atomic E-state index is 0.00752. The van der Waals surface area contributed by atoms with E-state index < -0.39 is 10.0 Å². The van der Waals surface area contributed by atoms with Crippen LogP contribution < -0.4 is 10.2 Å². The molecule has 1 aliphatic heterocycles. The third-order valence-corrected chi connectivity index (χ3v) is 9.18. The molecule has 1 N–H and O–H groups in total. The number of benzene rings is 1. The summed E-state index contributed by atoms with van der Waals surface area (Å²) in [7, 11) is -3.62. The highest BCUT2D eigenvalue weighted by atomic mass is 32.2. The van der Waals surface area contributed by atoms with E-state index in [0.29, 0.717) is 50.2 Å². The monoisotopic (exact) mass is 449 g/mol. The molecule has 0 aromatic heterocycles. The SMILES string of the molecule is CCN(CC)c1ccc(S(=O)(=O)N2CCOCC2)cc1NC(=O)CC1CC2CCC1C2. The van der Waals surface area contributed by atoms with Crippen LogP contribution in [0.2, 0.25) is 0 Å². The number of hydrogen-bond donors (Lipinski definition) is 1. The summed E-state index contributed by atoms with van der Waals surface area (Å²) in [5.74, 6) is 1.95. The van der Waals surface area contributed by atoms with Crippen molar-refractivity contribution in [1.29, 1.82) is 0 Å². The Morgan fingerprint density at radius 2 is 1.90 bits per heavy atom. The van der Waals surface area contributed by atoms with Crippen molar-refractivity contribution >= 4 is 27.3 Å². The lowest BCUT2D eigenvalue weighted by molar-refractivity contribution is -0.117. The van der Waals surface area contributed by atoms with Gasteiger partial charge in [0.2, 0.25) is 15.9 Å². The van der Waals surface area contributed by atoms with Crippen LogP contribution in [0.5, 0.6) is 0 Å². The van der Waals surface area contributed by atoms with Crippen molar-refractivity contribution in [3.63, 3.8) is 0 Å². The number of hydrogen-bond acceptors (Lipinski definition) is 5. The predicted octanol–water partition coefficient (Wildman–Crippen LogP) is 3.32. The number of nitrogens with zero attached hydrogens (tertiary/aromatic N) is 2. The Morgan fingerprint density at radius 1 is 1.16 bits per heavy atom. The van der Waals surface area contributed by atoms with Crippen molar-refractivity contribution in [2.24, 2.45) is 17.8 Å². The Bertz CT molecular complexity index is 894. The number of carbonyl (C=O) groups is 1. The van der Waals surface area contributed by atoms with Crippen molar-refractivity contribution in [3.8, 4) is 0 Å². The Morgan fingerprint density at radius 3 is 2.52 bits per heavy atom. The third kappa shape index (κ3) is 4.76. The Kier molecular flexibility index (Phi) is 6.89. The molecule has 1 amide bonds. The molecular weight excluding hydrogens is 414 g/mol. The molecule has 3 atom stereocenters. The summed E-state index contributed by atoms with van der Waals surface area (Å²) in [5, 5.41) is 3.07. The molecule has 4 rings (SSSR count). The van der Waals surface area contributed by atoms with Gasteiger partial charge in [-0.1, -0.05) is 6.42 Å². The van der Waals surface area contributed by atoms with E-state index in [-0.39, 0.29) is 10.8 Å². The maximum atomic E-state index is 13.2. The van der Waals surface area contributed by atoms with Crippen molar-refractivity contribution in [2.45, 2.75) is 50.8 Å². The molecule has 2 saturated carbocycles. The number of carbonyl (C=O) groups excluding carboxylic acids is 1. The predicted molar refractivity (Wildman–Crippen MR) is 122 cm³/mol. The van der Waals surface area contributed by atoms with Gasteiger partial charge in [-0.15, -0.1) is 0 Å². The number of amides is 1. The molecule has 0 radical (unpaired) electrons. The second-order valence-corrected chi connectivity index (χ2v) is 11.0. The lowest BCUT2D eigenvalue weighted by atomic mass is 9.86. The van der Waals surface area contributed by atoms with Gasteiger partial charge in [0, 0.05) is 32.6 Å². The molecule has 2 bridgehead atoms. The van der Waals surface area contributed by atoms with Crippen LogP contribution in [0.4, 0.5) is 11.4 Å². The highest BCUT2D eigenvalue weighted by Crippen LogP contribution is 2.49. The van der Waals surface area contributed by atoms with Crippen molar-refractivity contribution in [1.82, 2.24) is 4.31 Å². The minimum Gasteiger partial charge on any atom is -0.379 e. The lowest BCUT2D eigenvalue weighted by Crippen LogP contribution is -2.40. The maximum absolute atomic E-state index is 13.2. The van der Waals surface area contributed by atoms with Crippen LogP contribution in [0.25, 0.3) is 0 Å². The van der Waals surface area contributed by atoms with E-state index >= 15 is 0 Å². The highest BCUT2D eigenvalue weighted by Gasteiger charge is 2.40. The van der Waals surface area contributed by atoms with Gasteiger partial charge in [0.1, 0.15) is 0 Å². The molecule has 1 aromatic carbocycles. The zero-order chi connectivity index (χ0) is 22.0. The molecule has 0 spiro atoms. The van der Waals surface area contributed by atoms with Gasteiger partial charge in [0.05, 0.1) is 29.5 Å². The first-order valence-corrected chi connectivity index (χ1v) is 13.1. The molecule has 3 unspecified atom stereocenters. The van der Waals surface area contributed by atoms with Gasteiger partial charge in [-0.25, -0.2) is 8.42 Å². The quantitative estimate of drug-likeness (QED) is 0.659. The van der Waals surface area contributed by atoms with E-state index in [9.17, 15) is 13.2 Å². The van der Waals surface area contributed by atoms with E-state index in [0.717, 1.165) is 31.1 Å². The van der Waals surface area contributed by atoms with E-state index in [2.05, 4.69) is 24.1 Å². The fourth-order valence-corrected chi connectivity index (χ4v) is 7.05. The summed E-state index contributed by atoms with van der Waals surface area (Å²) in [6.07, 6.45) is 5.53. The largest absolute Gasteiger partial charge is 0.379 e. The first kappa shape index (κ1) is 22.6. The van der Waals surface area contributed by atoms with Gasteiger partial charge >= 0.3 is 0 Å². The molecule has 1 saturated heterocycles. The van der Waals surface area contributed by atoms with Crippen LogP contribution in [-0.4, -0.2) is 58.0 Å². The van der Waals surface area contributed by atoms with Gasteiger partial charge in [0.25, 0.3) is 0 Å². The summed E-state index contributed by atoms with van der Waals surface area (Å²) < 4.78 is 33.1. The number of sulfonamides is 1. The first-order chi connectivity index (χ1) is 14.9. The maximum Gasteiger partial charge on any atom is 0.243 e. The lowest BCUT2D eigenvalue weighted by Gasteiger charge is -2.28. The Labute approximate surface area is 186 Å². The standard InChI is InChI=1S/C23H35N3O4S/c1-3-25(4-2)22-8-7-20(31(28,29)26-9-11-30-12-10-26)16-21(22)24-23(27)15-19-14-17-5-6-18(19)13-17/h7-8,16-19H,3-6,9-15H2,1-2H3,(H,24,27). The summed E-state index contributed by atoms with van der Waals surface area (Å²) in [4.78, 5) is 15.3. The molecule has 1 aromatic rings. The third-order valence-electron chi connectivity index (χ3n) is 7.29. The molecule has 31 heavy (non-hydrogen) atoms. The minimum atomic E-state index is -3.62. The number of anilines is 2. The number of nitrogens with one attached hydrogen (secondary N) is 1. The van der Waals surface area contributed by atoms with Gasteiger partial charge in [0.15, 0.2) is 0 Å². The fraction of sp³-hybridized carbons (Fsp3) is 0.696. The molecular formula is C23H35N3O4S. The van der Waals surface area contributed by atoms with Gasteiger partial charge in [-0.05, 0) is 69.1 Å². The number of ether oxygens (including phenoxy) is 1. The summed E-state index contributed by atoms with van der Waals surface area (Å²) in [5.41, 5.74) is 1.46. The fourth-order valence-electron chi connectivity index (χ4n) is 5.62. The number of fused-ring (bicyclic) bond motifs is 2. The summed E-state index contributed by atoms with van der Waals surface area (Å²) in [6, 6.07) is 5.12. The normalized spacial score (nSPS) is 26.2. The zero-order valence-corrected chi connectivity index (χ0v) is 19.5. The second kappa shape index (κ2) is 9.46. The van der Waals surface area contributed by atoms with Crippen LogP contribution in [0.3, 0.4) is 0 Å². The van der Waals surface area contributed by atoms with Crippen LogP contribution >= 0.6 is 0 Å². The van der Waals surface area contributed by atoms with E-state index in [1.807, 2.05) is 6.07 Å². The Balaban J connectivity index is 1.57. The highest BCUT2D eigenvalue weighted by molar-refractivity contribution is 7.89. The van der Waals surface area contributed by atoms with Crippen molar-refractivity contribution < 1.29 is 17.9 Å². The molecule has 8 heteroatoms. The average Bonchev–Trinajstić information content (AvgIpc) is 3.39. The molecule has 3 aliphatic rings. The number of rotatable bonds is 8. The summed E-state index contributed by atoms with van der Waals surface area (Å²) >= 11 is 0. The van der Waals surface area contributed by atoms with Crippen molar-refractivity contribution in [2.75, 3.05) is 49.6 Å². The van der Waals surface area contributed by atoms with Crippen LogP contribution in [0.15, 0.2) is 23.1 Å². The molecule has 1 heterocycles. The topological polar surface area (TPSA) is 79.0 Å². The van der Waals surface area contributed by atoms with Crippen LogP contribution in [0.1, 0.15) is 46.0 Å². The van der Waals surface area contributed by atoms with E-state index in [1.54, 1.807) is 12.1 Å². The number of morpholine rings is 1. The van der Waals surface area contributed by atoms with Gasteiger partial charge in [-0.3, -0.25) is 4.79 Å². The molecule has 3 fully saturated rings. The molecule has 172 valence electrons. The van der Waals surface area contributed by atoms with Crippen molar-refractivity contribution in [3.05, 3.63) is 18.2 Å². The average molecular weight is 450 g/mol. The van der Waals surface area contributed by atoms with Gasteiger partial charge < -0.3 is 15.0 Å². The van der Waals surface area contributed by atoms with E-state index in [1.165, 1.54) is 23.6 Å². The molecule has 2 aliphatic carbocycles. The van der Waals surface area contributed by atoms with E-state index in [4.69, 9.17) is 4.74 Å². The smallest absolute Gasteiger partial charge is 0.243 e.